The van der Waals surface area contributed by atoms with Crippen LogP contribution in [0, 0.1) is 0 Å². The fourth-order valence-electron chi connectivity index (χ4n) is 1.94. The zero-order valence-corrected chi connectivity index (χ0v) is 10.0. The molecule has 0 saturated carbocycles. The van der Waals surface area contributed by atoms with Crippen molar-refractivity contribution in [2.75, 3.05) is 0 Å². The van der Waals surface area contributed by atoms with Crippen LogP contribution in [0.5, 0.6) is 0 Å². The van der Waals surface area contributed by atoms with E-state index in [2.05, 4.69) is 22.2 Å². The first-order valence-electron chi connectivity index (χ1n) is 5.81. The van der Waals surface area contributed by atoms with Crippen LogP contribution in [0.15, 0.2) is 55.1 Å². The van der Waals surface area contributed by atoms with Crippen molar-refractivity contribution in [3.8, 4) is 5.69 Å². The summed E-state index contributed by atoms with van der Waals surface area (Å²) in [5.74, 6) is 0.866. The van der Waals surface area contributed by atoms with E-state index in [0.29, 0.717) is 0 Å². The van der Waals surface area contributed by atoms with Crippen molar-refractivity contribution in [1.82, 2.24) is 24.5 Å². The molecule has 0 unspecified atom stereocenters. The molecule has 0 radical (unpaired) electrons. The van der Waals surface area contributed by atoms with Crippen LogP contribution in [0.3, 0.4) is 0 Å². The molecule has 0 saturated heterocycles. The minimum absolute atomic E-state index is 0.0442. The Balaban J connectivity index is 2.02. The van der Waals surface area contributed by atoms with Crippen LogP contribution in [-0.4, -0.2) is 24.5 Å². The van der Waals surface area contributed by atoms with E-state index in [9.17, 15) is 0 Å². The molecule has 0 amide bonds. The summed E-state index contributed by atoms with van der Waals surface area (Å²) >= 11 is 0. The van der Waals surface area contributed by atoms with Crippen molar-refractivity contribution < 1.29 is 0 Å². The fraction of sp³-hybridized carbons (Fsp3) is 0.154. The van der Waals surface area contributed by atoms with Crippen LogP contribution < -0.4 is 0 Å². The molecule has 3 rings (SSSR count). The third-order valence-electron chi connectivity index (χ3n) is 2.90. The molecule has 5 nitrogen and oxygen atoms in total. The first-order valence-corrected chi connectivity index (χ1v) is 5.81. The number of rotatable bonds is 3. The Hall–Kier alpha value is -2.43. The summed E-state index contributed by atoms with van der Waals surface area (Å²) in [6.45, 7) is 2.05. The van der Waals surface area contributed by atoms with E-state index in [1.165, 1.54) is 0 Å². The van der Waals surface area contributed by atoms with E-state index in [1.807, 2.05) is 51.8 Å². The summed E-state index contributed by atoms with van der Waals surface area (Å²) in [6, 6.07) is 12.0. The van der Waals surface area contributed by atoms with Crippen molar-refractivity contribution in [3.05, 3.63) is 60.9 Å². The minimum Gasteiger partial charge on any atom is -0.284 e. The Kier molecular flexibility index (Phi) is 2.64. The Morgan fingerprint density at radius 3 is 2.67 bits per heavy atom. The lowest BCUT2D eigenvalue weighted by molar-refractivity contribution is 0.528. The SMILES string of the molecule is C[C@H](c1nncn1-c1ccccc1)n1cccn1. The lowest BCUT2D eigenvalue weighted by atomic mass is 10.3. The number of hydrogen-bond donors (Lipinski definition) is 0. The molecule has 18 heavy (non-hydrogen) atoms. The van der Waals surface area contributed by atoms with Gasteiger partial charge < -0.3 is 0 Å². The largest absolute Gasteiger partial charge is 0.284 e. The summed E-state index contributed by atoms with van der Waals surface area (Å²) in [7, 11) is 0. The maximum Gasteiger partial charge on any atom is 0.162 e. The zero-order chi connectivity index (χ0) is 12.4. The van der Waals surface area contributed by atoms with E-state index in [0.717, 1.165) is 11.5 Å². The number of benzene rings is 1. The van der Waals surface area contributed by atoms with E-state index >= 15 is 0 Å². The molecule has 0 aliphatic carbocycles. The Labute approximate surface area is 105 Å². The molecule has 0 aliphatic rings. The normalized spacial score (nSPS) is 12.5. The number of para-hydroxylation sites is 1. The van der Waals surface area contributed by atoms with Crippen molar-refractivity contribution in [1.29, 1.82) is 0 Å². The fourth-order valence-corrected chi connectivity index (χ4v) is 1.94. The highest BCUT2D eigenvalue weighted by Gasteiger charge is 2.15. The molecule has 0 aliphatic heterocycles. The van der Waals surface area contributed by atoms with Gasteiger partial charge in [-0.3, -0.25) is 9.25 Å². The molecule has 1 atom stereocenters. The molecular weight excluding hydrogens is 226 g/mol. The van der Waals surface area contributed by atoms with Gasteiger partial charge in [-0.2, -0.15) is 5.10 Å². The second kappa shape index (κ2) is 4.44. The molecule has 5 heteroatoms. The lowest BCUT2D eigenvalue weighted by Crippen LogP contribution is -2.13. The molecule has 0 bridgehead atoms. The van der Waals surface area contributed by atoms with Gasteiger partial charge in [-0.25, -0.2) is 0 Å². The first-order chi connectivity index (χ1) is 8.86. The summed E-state index contributed by atoms with van der Waals surface area (Å²) in [6.07, 6.45) is 5.42. The van der Waals surface area contributed by atoms with Crippen LogP contribution in [-0.2, 0) is 0 Å². The summed E-state index contributed by atoms with van der Waals surface area (Å²) < 4.78 is 3.84. The monoisotopic (exact) mass is 239 g/mol. The van der Waals surface area contributed by atoms with Gasteiger partial charge in [0.1, 0.15) is 12.4 Å². The van der Waals surface area contributed by atoms with Gasteiger partial charge in [-0.15, -0.1) is 10.2 Å². The molecule has 0 fully saturated rings. The molecular formula is C13H13N5. The molecule has 2 aromatic heterocycles. The third kappa shape index (κ3) is 1.79. The lowest BCUT2D eigenvalue weighted by Gasteiger charge is -2.13. The predicted molar refractivity (Wildman–Crippen MR) is 67.4 cm³/mol. The van der Waals surface area contributed by atoms with E-state index < -0.39 is 0 Å². The van der Waals surface area contributed by atoms with Gasteiger partial charge >= 0.3 is 0 Å². The van der Waals surface area contributed by atoms with Crippen molar-refractivity contribution in [3.63, 3.8) is 0 Å². The average molecular weight is 239 g/mol. The Morgan fingerprint density at radius 1 is 1.11 bits per heavy atom. The van der Waals surface area contributed by atoms with Gasteiger partial charge in [-0.05, 0) is 25.1 Å². The van der Waals surface area contributed by atoms with Gasteiger partial charge in [0.2, 0.25) is 0 Å². The van der Waals surface area contributed by atoms with Crippen LogP contribution in [0.25, 0.3) is 5.69 Å². The van der Waals surface area contributed by atoms with E-state index in [1.54, 1.807) is 12.5 Å². The quantitative estimate of drug-likeness (QED) is 0.703. The molecule has 0 spiro atoms. The van der Waals surface area contributed by atoms with Gasteiger partial charge in [0.15, 0.2) is 5.82 Å². The van der Waals surface area contributed by atoms with Gasteiger partial charge in [-0.1, -0.05) is 18.2 Å². The second-order valence-corrected chi connectivity index (χ2v) is 4.06. The molecule has 90 valence electrons. The standard InChI is InChI=1S/C13H13N5/c1-11(18-9-5-8-15-18)13-16-14-10-17(13)12-6-3-2-4-7-12/h2-11H,1H3/t11-/m1/s1. The van der Waals surface area contributed by atoms with Crippen molar-refractivity contribution in [2.24, 2.45) is 0 Å². The van der Waals surface area contributed by atoms with Gasteiger partial charge in [0, 0.05) is 18.1 Å². The highest BCUT2D eigenvalue weighted by molar-refractivity contribution is 5.32. The summed E-state index contributed by atoms with van der Waals surface area (Å²) in [4.78, 5) is 0. The van der Waals surface area contributed by atoms with E-state index in [4.69, 9.17) is 0 Å². The minimum atomic E-state index is 0.0442. The Morgan fingerprint density at radius 2 is 1.94 bits per heavy atom. The smallest absolute Gasteiger partial charge is 0.162 e. The van der Waals surface area contributed by atoms with Crippen LogP contribution in [0.4, 0.5) is 0 Å². The van der Waals surface area contributed by atoms with Gasteiger partial charge in [0.25, 0.3) is 0 Å². The number of hydrogen-bond acceptors (Lipinski definition) is 3. The van der Waals surface area contributed by atoms with Crippen LogP contribution >= 0.6 is 0 Å². The van der Waals surface area contributed by atoms with Crippen LogP contribution in [0.2, 0.25) is 0 Å². The Bertz CT molecular complexity index is 612. The molecule has 1 aromatic carbocycles. The molecule has 0 N–H and O–H groups in total. The van der Waals surface area contributed by atoms with Crippen LogP contribution in [0.1, 0.15) is 18.8 Å². The maximum atomic E-state index is 4.24. The third-order valence-corrected chi connectivity index (χ3v) is 2.90. The van der Waals surface area contributed by atoms with Crippen molar-refractivity contribution in [2.45, 2.75) is 13.0 Å². The van der Waals surface area contributed by atoms with Crippen molar-refractivity contribution >= 4 is 0 Å². The average Bonchev–Trinajstić information content (AvgIpc) is 3.10. The predicted octanol–water partition coefficient (Wildman–Crippen LogP) is 2.07. The topological polar surface area (TPSA) is 48.5 Å². The highest BCUT2D eigenvalue weighted by atomic mass is 15.3. The number of nitrogens with zero attached hydrogens (tertiary/aromatic N) is 5. The summed E-state index contributed by atoms with van der Waals surface area (Å²) in [5, 5.41) is 12.4. The second-order valence-electron chi connectivity index (χ2n) is 4.06. The van der Waals surface area contributed by atoms with E-state index in [-0.39, 0.29) is 6.04 Å². The zero-order valence-electron chi connectivity index (χ0n) is 10.0. The summed E-state index contributed by atoms with van der Waals surface area (Å²) in [5.41, 5.74) is 1.05. The van der Waals surface area contributed by atoms with Gasteiger partial charge in [0.05, 0.1) is 0 Å². The molecule has 2 heterocycles. The number of aromatic nitrogens is 5. The first kappa shape index (κ1) is 10.7. The maximum absolute atomic E-state index is 4.24. The molecule has 3 aromatic rings. The highest BCUT2D eigenvalue weighted by Crippen LogP contribution is 2.17.